The summed E-state index contributed by atoms with van der Waals surface area (Å²) in [7, 11) is 0. The number of carboxylic acid groups (broad SMARTS) is 1. The molecule has 0 aliphatic rings. The van der Waals surface area contributed by atoms with Gasteiger partial charge in [0.15, 0.2) is 0 Å². The van der Waals surface area contributed by atoms with Crippen LogP contribution in [0.25, 0.3) is 0 Å². The zero-order valence-electron chi connectivity index (χ0n) is 8.70. The van der Waals surface area contributed by atoms with Gasteiger partial charge in [0.1, 0.15) is 6.09 Å². The van der Waals surface area contributed by atoms with Crippen LogP contribution < -0.4 is 10.0 Å². The fraction of sp³-hybridized carbons (Fsp3) is 0.364. The molecule has 0 fully saturated rings. The van der Waals surface area contributed by atoms with Gasteiger partial charge in [-0.05, 0) is 38.0 Å². The zero-order chi connectivity index (χ0) is 10.7. The normalized spacial score (nSPS) is 9.93. The van der Waals surface area contributed by atoms with Gasteiger partial charge < -0.3 is 14.8 Å². The summed E-state index contributed by atoms with van der Waals surface area (Å²) in [5.41, 5.74) is 2.71. The Bertz CT molecular complexity index is 347. The Balaban J connectivity index is 3.15. The standard InChI is InChI=1S/C11H15NO2/c1-4-12(11(13)14)10-7-8(2)5-6-9(10)3/h5-7H,4H2,1-3H3,(H,13,14)/p-1. The molecule has 0 atom stereocenters. The van der Waals surface area contributed by atoms with Crippen LogP contribution in [-0.4, -0.2) is 12.6 Å². The molecule has 0 saturated carbocycles. The van der Waals surface area contributed by atoms with E-state index in [1.807, 2.05) is 32.0 Å². The topological polar surface area (TPSA) is 43.4 Å². The predicted molar refractivity (Wildman–Crippen MR) is 54.3 cm³/mol. The maximum atomic E-state index is 10.8. The molecule has 14 heavy (non-hydrogen) atoms. The lowest BCUT2D eigenvalue weighted by molar-refractivity contribution is -0.246. The van der Waals surface area contributed by atoms with Crippen LogP contribution >= 0.6 is 0 Å². The predicted octanol–water partition coefficient (Wildman–Crippen LogP) is 1.47. The smallest absolute Gasteiger partial charge is 0.141 e. The summed E-state index contributed by atoms with van der Waals surface area (Å²) in [5, 5.41) is 10.8. The van der Waals surface area contributed by atoms with Crippen molar-refractivity contribution in [1.82, 2.24) is 0 Å². The Morgan fingerprint density at radius 3 is 2.57 bits per heavy atom. The quantitative estimate of drug-likeness (QED) is 0.712. The van der Waals surface area contributed by atoms with E-state index in [4.69, 9.17) is 0 Å². The molecule has 1 aromatic rings. The molecule has 1 aromatic carbocycles. The van der Waals surface area contributed by atoms with E-state index in [0.717, 1.165) is 11.1 Å². The molecule has 3 heteroatoms. The Hall–Kier alpha value is -1.51. The third-order valence-corrected chi connectivity index (χ3v) is 2.19. The number of hydrogen-bond donors (Lipinski definition) is 0. The first kappa shape index (κ1) is 10.6. The molecule has 0 radical (unpaired) electrons. The number of hydrogen-bond acceptors (Lipinski definition) is 2. The van der Waals surface area contributed by atoms with Crippen molar-refractivity contribution in [1.29, 1.82) is 0 Å². The Labute approximate surface area is 84.0 Å². The van der Waals surface area contributed by atoms with Crippen molar-refractivity contribution in [2.45, 2.75) is 20.8 Å². The molecular formula is C11H14NO2-. The average molecular weight is 192 g/mol. The molecule has 0 spiro atoms. The first-order valence-corrected chi connectivity index (χ1v) is 4.62. The van der Waals surface area contributed by atoms with E-state index in [0.29, 0.717) is 12.2 Å². The Morgan fingerprint density at radius 1 is 1.43 bits per heavy atom. The van der Waals surface area contributed by atoms with Crippen molar-refractivity contribution in [3.8, 4) is 0 Å². The first-order valence-electron chi connectivity index (χ1n) is 4.62. The lowest BCUT2D eigenvalue weighted by atomic mass is 10.1. The van der Waals surface area contributed by atoms with E-state index in [1.165, 1.54) is 4.90 Å². The number of nitrogens with zero attached hydrogens (tertiary/aromatic N) is 1. The van der Waals surface area contributed by atoms with Gasteiger partial charge in [-0.2, -0.15) is 0 Å². The molecule has 0 saturated heterocycles. The second kappa shape index (κ2) is 4.13. The third-order valence-electron chi connectivity index (χ3n) is 2.19. The molecule has 0 unspecified atom stereocenters. The maximum absolute atomic E-state index is 10.8. The highest BCUT2D eigenvalue weighted by molar-refractivity contribution is 5.85. The van der Waals surface area contributed by atoms with Gasteiger partial charge in [0.2, 0.25) is 0 Å². The second-order valence-electron chi connectivity index (χ2n) is 3.30. The highest BCUT2D eigenvalue weighted by Gasteiger charge is 2.07. The van der Waals surface area contributed by atoms with Gasteiger partial charge >= 0.3 is 0 Å². The van der Waals surface area contributed by atoms with Crippen LogP contribution in [0.4, 0.5) is 10.5 Å². The van der Waals surface area contributed by atoms with Crippen molar-refractivity contribution in [3.05, 3.63) is 29.3 Å². The molecule has 0 heterocycles. The molecule has 3 nitrogen and oxygen atoms in total. The minimum absolute atomic E-state index is 0.409. The number of rotatable bonds is 2. The lowest BCUT2D eigenvalue weighted by Crippen LogP contribution is -2.41. The summed E-state index contributed by atoms with van der Waals surface area (Å²) < 4.78 is 0. The van der Waals surface area contributed by atoms with Gasteiger partial charge in [-0.3, -0.25) is 0 Å². The lowest BCUT2D eigenvalue weighted by Gasteiger charge is -2.25. The van der Waals surface area contributed by atoms with Crippen molar-refractivity contribution in [3.63, 3.8) is 0 Å². The monoisotopic (exact) mass is 192 g/mol. The second-order valence-corrected chi connectivity index (χ2v) is 3.30. The van der Waals surface area contributed by atoms with Gasteiger partial charge in [0.05, 0.1) is 0 Å². The van der Waals surface area contributed by atoms with Crippen molar-refractivity contribution >= 4 is 11.8 Å². The van der Waals surface area contributed by atoms with Crippen molar-refractivity contribution in [2.24, 2.45) is 0 Å². The fourth-order valence-corrected chi connectivity index (χ4v) is 1.41. The van der Waals surface area contributed by atoms with Crippen LogP contribution in [0.2, 0.25) is 0 Å². The Kier molecular flexibility index (Phi) is 3.12. The van der Waals surface area contributed by atoms with E-state index in [-0.39, 0.29) is 0 Å². The number of aryl methyl sites for hydroxylation is 2. The summed E-state index contributed by atoms with van der Waals surface area (Å²) in [5.74, 6) is 0. The van der Waals surface area contributed by atoms with Crippen LogP contribution in [0.5, 0.6) is 0 Å². The van der Waals surface area contributed by atoms with Crippen LogP contribution in [0.3, 0.4) is 0 Å². The van der Waals surface area contributed by atoms with Gasteiger partial charge in [-0.1, -0.05) is 12.1 Å². The van der Waals surface area contributed by atoms with Crippen LogP contribution in [0.1, 0.15) is 18.1 Å². The molecule has 1 amide bonds. The van der Waals surface area contributed by atoms with E-state index >= 15 is 0 Å². The summed E-state index contributed by atoms with van der Waals surface area (Å²) >= 11 is 0. The van der Waals surface area contributed by atoms with Gasteiger partial charge in [-0.15, -0.1) is 0 Å². The molecule has 1 rings (SSSR count). The number of carbonyl (C=O) groups is 1. The summed E-state index contributed by atoms with van der Waals surface area (Å²) in [6.07, 6.45) is -1.15. The molecule has 76 valence electrons. The van der Waals surface area contributed by atoms with Crippen LogP contribution in [-0.2, 0) is 0 Å². The third kappa shape index (κ3) is 2.05. The van der Waals surface area contributed by atoms with E-state index in [1.54, 1.807) is 6.92 Å². The number of anilines is 1. The first-order chi connectivity index (χ1) is 6.56. The summed E-state index contributed by atoms with van der Waals surface area (Å²) in [6, 6.07) is 5.73. The molecular weight excluding hydrogens is 178 g/mol. The van der Waals surface area contributed by atoms with Gasteiger partial charge in [0, 0.05) is 12.2 Å². The van der Waals surface area contributed by atoms with E-state index < -0.39 is 6.09 Å². The van der Waals surface area contributed by atoms with Crippen LogP contribution in [0.15, 0.2) is 18.2 Å². The zero-order valence-corrected chi connectivity index (χ0v) is 8.70. The van der Waals surface area contributed by atoms with Gasteiger partial charge in [-0.25, -0.2) is 0 Å². The van der Waals surface area contributed by atoms with Crippen molar-refractivity contribution in [2.75, 3.05) is 11.4 Å². The number of carbonyl (C=O) groups excluding carboxylic acids is 1. The summed E-state index contributed by atoms with van der Waals surface area (Å²) in [6.45, 7) is 6.02. The van der Waals surface area contributed by atoms with Gasteiger partial charge in [0.25, 0.3) is 0 Å². The average Bonchev–Trinajstić information content (AvgIpc) is 2.11. The minimum Gasteiger partial charge on any atom is -0.530 e. The van der Waals surface area contributed by atoms with E-state index in [9.17, 15) is 9.90 Å². The molecule has 0 aliphatic heterocycles. The summed E-state index contributed by atoms with van der Waals surface area (Å²) in [4.78, 5) is 12.0. The fourth-order valence-electron chi connectivity index (χ4n) is 1.41. The van der Waals surface area contributed by atoms with Crippen molar-refractivity contribution < 1.29 is 9.90 Å². The van der Waals surface area contributed by atoms with E-state index in [2.05, 4.69) is 0 Å². The highest BCUT2D eigenvalue weighted by atomic mass is 16.4. The highest BCUT2D eigenvalue weighted by Crippen LogP contribution is 2.20. The number of benzene rings is 1. The minimum atomic E-state index is -1.15. The molecule has 0 aromatic heterocycles. The van der Waals surface area contributed by atoms with Crippen LogP contribution in [0, 0.1) is 13.8 Å². The Morgan fingerprint density at radius 2 is 2.07 bits per heavy atom. The molecule has 0 N–H and O–H groups in total. The molecule has 0 bridgehead atoms. The SMILES string of the molecule is CCN(C(=O)[O-])c1cc(C)ccc1C. The largest absolute Gasteiger partial charge is 0.530 e. The molecule has 0 aliphatic carbocycles. The number of amides is 1. The maximum Gasteiger partial charge on any atom is 0.141 e.